The SMILES string of the molecule is CC(C)NCc1cn(CCN2CC(C)OC(C)(C)C2)nn1. The number of nitrogens with zero attached hydrogens (tertiary/aromatic N) is 4. The fraction of sp³-hybridized carbons (Fsp3) is 0.867. The second kappa shape index (κ2) is 6.85. The Labute approximate surface area is 127 Å². The molecule has 1 unspecified atom stereocenters. The summed E-state index contributed by atoms with van der Waals surface area (Å²) in [6.45, 7) is 15.3. The van der Waals surface area contributed by atoms with Gasteiger partial charge >= 0.3 is 0 Å². The van der Waals surface area contributed by atoms with Crippen molar-refractivity contribution in [2.75, 3.05) is 19.6 Å². The van der Waals surface area contributed by atoms with Crippen molar-refractivity contribution in [2.45, 2.75) is 65.5 Å². The highest BCUT2D eigenvalue weighted by molar-refractivity contribution is 4.92. The molecule has 0 aromatic carbocycles. The minimum atomic E-state index is -0.0631. The Morgan fingerprint density at radius 3 is 2.86 bits per heavy atom. The van der Waals surface area contributed by atoms with Gasteiger partial charge in [0, 0.05) is 38.4 Å². The van der Waals surface area contributed by atoms with Crippen molar-refractivity contribution in [1.82, 2.24) is 25.2 Å². The van der Waals surface area contributed by atoms with Crippen LogP contribution in [0, 0.1) is 0 Å². The molecule has 1 aliphatic heterocycles. The van der Waals surface area contributed by atoms with Gasteiger partial charge in [0.15, 0.2) is 0 Å². The highest BCUT2D eigenvalue weighted by Gasteiger charge is 2.30. The quantitative estimate of drug-likeness (QED) is 0.857. The summed E-state index contributed by atoms with van der Waals surface area (Å²) in [5, 5.41) is 11.8. The summed E-state index contributed by atoms with van der Waals surface area (Å²) in [5.41, 5.74) is 0.936. The molecule has 21 heavy (non-hydrogen) atoms. The maximum Gasteiger partial charge on any atom is 0.0964 e. The molecule has 1 N–H and O–H groups in total. The van der Waals surface area contributed by atoms with Gasteiger partial charge in [0.2, 0.25) is 0 Å². The topological polar surface area (TPSA) is 55.2 Å². The molecule has 0 amide bonds. The summed E-state index contributed by atoms with van der Waals surface area (Å²) in [4.78, 5) is 2.45. The molecule has 0 saturated carbocycles. The van der Waals surface area contributed by atoms with Crippen LogP contribution >= 0.6 is 0 Å². The first-order valence-corrected chi connectivity index (χ1v) is 7.86. The monoisotopic (exact) mass is 295 g/mol. The van der Waals surface area contributed by atoms with Crippen molar-refractivity contribution >= 4 is 0 Å². The summed E-state index contributed by atoms with van der Waals surface area (Å²) < 4.78 is 7.86. The van der Waals surface area contributed by atoms with E-state index in [0.717, 1.165) is 38.4 Å². The van der Waals surface area contributed by atoms with Crippen molar-refractivity contribution in [3.63, 3.8) is 0 Å². The summed E-state index contributed by atoms with van der Waals surface area (Å²) in [6, 6.07) is 0.465. The number of aromatic nitrogens is 3. The van der Waals surface area contributed by atoms with Gasteiger partial charge in [0.05, 0.1) is 23.9 Å². The van der Waals surface area contributed by atoms with E-state index in [0.29, 0.717) is 6.04 Å². The van der Waals surface area contributed by atoms with Crippen molar-refractivity contribution in [1.29, 1.82) is 0 Å². The smallest absolute Gasteiger partial charge is 0.0964 e. The lowest BCUT2D eigenvalue weighted by Gasteiger charge is -2.41. The van der Waals surface area contributed by atoms with Gasteiger partial charge in [-0.1, -0.05) is 19.1 Å². The second-order valence-corrected chi connectivity index (χ2v) is 6.93. The minimum absolute atomic E-state index is 0.0631. The molecule has 1 fully saturated rings. The van der Waals surface area contributed by atoms with Crippen LogP contribution < -0.4 is 5.32 Å². The molecule has 1 aromatic heterocycles. The third kappa shape index (κ3) is 5.37. The Balaban J connectivity index is 1.80. The van der Waals surface area contributed by atoms with E-state index >= 15 is 0 Å². The minimum Gasteiger partial charge on any atom is -0.370 e. The van der Waals surface area contributed by atoms with Crippen LogP contribution in [0.1, 0.15) is 40.3 Å². The molecule has 120 valence electrons. The van der Waals surface area contributed by atoms with Crippen LogP contribution in [0.3, 0.4) is 0 Å². The number of ether oxygens (including phenoxy) is 1. The lowest BCUT2D eigenvalue weighted by Crippen LogP contribution is -2.52. The zero-order valence-electron chi connectivity index (χ0n) is 14.0. The number of nitrogens with one attached hydrogen (secondary N) is 1. The Morgan fingerprint density at radius 1 is 1.43 bits per heavy atom. The van der Waals surface area contributed by atoms with Crippen LogP contribution in [0.2, 0.25) is 0 Å². The highest BCUT2D eigenvalue weighted by atomic mass is 16.5. The molecule has 0 aliphatic carbocycles. The van der Waals surface area contributed by atoms with Gasteiger partial charge < -0.3 is 10.1 Å². The van der Waals surface area contributed by atoms with Crippen LogP contribution in [-0.4, -0.2) is 57.3 Å². The molecule has 6 heteroatoms. The first-order chi connectivity index (χ1) is 9.84. The number of rotatable bonds is 6. The van der Waals surface area contributed by atoms with Gasteiger partial charge in [-0.3, -0.25) is 9.58 Å². The van der Waals surface area contributed by atoms with Crippen molar-refractivity contribution in [3.8, 4) is 0 Å². The van der Waals surface area contributed by atoms with Gasteiger partial charge in [-0.2, -0.15) is 0 Å². The first kappa shape index (κ1) is 16.4. The third-order valence-corrected chi connectivity index (χ3v) is 3.56. The predicted octanol–water partition coefficient (Wildman–Crippen LogP) is 1.28. The van der Waals surface area contributed by atoms with Gasteiger partial charge in [-0.05, 0) is 20.8 Å². The number of hydrogen-bond acceptors (Lipinski definition) is 5. The van der Waals surface area contributed by atoms with E-state index in [2.05, 4.69) is 55.1 Å². The van der Waals surface area contributed by atoms with Gasteiger partial charge in [-0.15, -0.1) is 5.10 Å². The van der Waals surface area contributed by atoms with E-state index in [1.54, 1.807) is 0 Å². The van der Waals surface area contributed by atoms with Crippen LogP contribution in [0.4, 0.5) is 0 Å². The van der Waals surface area contributed by atoms with E-state index in [-0.39, 0.29) is 11.7 Å². The molecule has 1 aromatic rings. The Hall–Kier alpha value is -0.980. The molecule has 0 radical (unpaired) electrons. The molecular weight excluding hydrogens is 266 g/mol. The zero-order valence-corrected chi connectivity index (χ0v) is 14.0. The lowest BCUT2D eigenvalue weighted by molar-refractivity contribution is -0.129. The normalized spacial score (nSPS) is 22.9. The number of morpholine rings is 1. The standard InChI is InChI=1S/C15H29N5O/c1-12(2)16-8-14-10-20(18-17-14)7-6-19-9-13(3)21-15(4,5)11-19/h10,12-13,16H,6-9,11H2,1-5H3. The van der Waals surface area contributed by atoms with Crippen LogP contribution in [0.5, 0.6) is 0 Å². The van der Waals surface area contributed by atoms with E-state index in [4.69, 9.17) is 4.74 Å². The largest absolute Gasteiger partial charge is 0.370 e. The Bertz CT molecular complexity index is 443. The highest BCUT2D eigenvalue weighted by Crippen LogP contribution is 2.20. The first-order valence-electron chi connectivity index (χ1n) is 7.86. The second-order valence-electron chi connectivity index (χ2n) is 6.93. The van der Waals surface area contributed by atoms with Crippen LogP contribution in [-0.2, 0) is 17.8 Å². The molecule has 0 spiro atoms. The summed E-state index contributed by atoms with van der Waals surface area (Å²) in [7, 11) is 0. The molecular formula is C15H29N5O. The lowest BCUT2D eigenvalue weighted by atomic mass is 10.1. The van der Waals surface area contributed by atoms with E-state index in [9.17, 15) is 0 Å². The summed E-state index contributed by atoms with van der Waals surface area (Å²) >= 11 is 0. The predicted molar refractivity (Wildman–Crippen MR) is 83.1 cm³/mol. The van der Waals surface area contributed by atoms with Gasteiger partial charge in [-0.25, -0.2) is 0 Å². The van der Waals surface area contributed by atoms with Crippen molar-refractivity contribution < 1.29 is 4.74 Å². The molecule has 0 bridgehead atoms. The van der Waals surface area contributed by atoms with E-state index < -0.39 is 0 Å². The third-order valence-electron chi connectivity index (χ3n) is 3.56. The molecule has 6 nitrogen and oxygen atoms in total. The summed E-state index contributed by atoms with van der Waals surface area (Å²) in [5.74, 6) is 0. The van der Waals surface area contributed by atoms with Crippen molar-refractivity contribution in [2.24, 2.45) is 0 Å². The van der Waals surface area contributed by atoms with Gasteiger partial charge in [0.1, 0.15) is 0 Å². The Kier molecular flexibility index (Phi) is 5.35. The fourth-order valence-corrected chi connectivity index (χ4v) is 2.84. The maximum atomic E-state index is 5.93. The average molecular weight is 295 g/mol. The van der Waals surface area contributed by atoms with E-state index in [1.807, 2.05) is 10.9 Å². The van der Waals surface area contributed by atoms with Crippen molar-refractivity contribution in [3.05, 3.63) is 11.9 Å². The van der Waals surface area contributed by atoms with E-state index in [1.165, 1.54) is 0 Å². The molecule has 1 atom stereocenters. The fourth-order valence-electron chi connectivity index (χ4n) is 2.84. The molecule has 2 rings (SSSR count). The molecule has 2 heterocycles. The molecule has 1 saturated heterocycles. The van der Waals surface area contributed by atoms with Crippen LogP contribution in [0.25, 0.3) is 0 Å². The maximum absolute atomic E-state index is 5.93. The zero-order chi connectivity index (χ0) is 15.5. The summed E-state index contributed by atoms with van der Waals surface area (Å²) in [6.07, 6.45) is 2.32. The average Bonchev–Trinajstić information content (AvgIpc) is 2.79. The molecule has 1 aliphatic rings. The Morgan fingerprint density at radius 2 is 2.19 bits per heavy atom. The number of hydrogen-bond donors (Lipinski definition) is 1. The van der Waals surface area contributed by atoms with Gasteiger partial charge in [0.25, 0.3) is 0 Å². The van der Waals surface area contributed by atoms with Crippen LogP contribution in [0.15, 0.2) is 6.20 Å².